The molecule has 0 fully saturated rings. The van der Waals surface area contributed by atoms with Crippen molar-refractivity contribution in [2.75, 3.05) is 30.9 Å². The molecule has 0 radical (unpaired) electrons. The summed E-state index contributed by atoms with van der Waals surface area (Å²) in [7, 11) is 3.86. The van der Waals surface area contributed by atoms with E-state index < -0.39 is 11.7 Å². The van der Waals surface area contributed by atoms with E-state index in [4.69, 9.17) is 0 Å². The summed E-state index contributed by atoms with van der Waals surface area (Å²) in [4.78, 5) is 29.1. The van der Waals surface area contributed by atoms with Crippen LogP contribution in [0.15, 0.2) is 72.8 Å². The second-order valence-corrected chi connectivity index (χ2v) is 7.88. The third-order valence-corrected chi connectivity index (χ3v) is 5.10. The van der Waals surface area contributed by atoms with Crippen molar-refractivity contribution in [3.05, 3.63) is 95.3 Å². The van der Waals surface area contributed by atoms with Gasteiger partial charge in [-0.25, -0.2) is 9.18 Å². The molecule has 7 heteroatoms. The second kappa shape index (κ2) is 11.1. The number of nitrogens with zero attached hydrogens (tertiary/aromatic N) is 2. The van der Waals surface area contributed by atoms with Gasteiger partial charge in [0, 0.05) is 50.7 Å². The fourth-order valence-electron chi connectivity index (χ4n) is 3.53. The molecule has 0 aliphatic carbocycles. The summed E-state index contributed by atoms with van der Waals surface area (Å²) in [5.41, 5.74) is 3.63. The molecule has 0 unspecified atom stereocenters. The highest BCUT2D eigenvalue weighted by atomic mass is 19.1. The molecule has 0 spiro atoms. The number of amides is 3. The van der Waals surface area contributed by atoms with Crippen molar-refractivity contribution in [3.63, 3.8) is 0 Å². The minimum atomic E-state index is -0.468. The molecule has 0 aliphatic heterocycles. The third-order valence-electron chi connectivity index (χ3n) is 5.10. The van der Waals surface area contributed by atoms with Gasteiger partial charge in [-0.3, -0.25) is 4.79 Å². The summed E-state index contributed by atoms with van der Waals surface area (Å²) in [5, 5.41) is 5.70. The van der Waals surface area contributed by atoms with Gasteiger partial charge in [-0.2, -0.15) is 0 Å². The van der Waals surface area contributed by atoms with Crippen molar-refractivity contribution >= 4 is 23.3 Å². The number of hydrogen-bond acceptors (Lipinski definition) is 3. The SMILES string of the molecule is CCNC(=O)N(Cc1ccccc1)Cc1cc(NC(=O)c2cccc(F)c2)ccc1N(C)C. The molecule has 0 aromatic heterocycles. The molecule has 2 N–H and O–H groups in total. The minimum Gasteiger partial charge on any atom is -0.377 e. The number of rotatable bonds is 8. The van der Waals surface area contributed by atoms with Crippen LogP contribution in [0.1, 0.15) is 28.4 Å². The summed E-state index contributed by atoms with van der Waals surface area (Å²) < 4.78 is 13.5. The van der Waals surface area contributed by atoms with E-state index >= 15 is 0 Å². The van der Waals surface area contributed by atoms with Crippen LogP contribution in [-0.4, -0.2) is 37.5 Å². The molecule has 0 bridgehead atoms. The summed E-state index contributed by atoms with van der Waals surface area (Å²) >= 11 is 0. The van der Waals surface area contributed by atoms with Gasteiger partial charge >= 0.3 is 6.03 Å². The number of anilines is 2. The number of halogens is 1. The molecule has 0 heterocycles. The van der Waals surface area contributed by atoms with Crippen molar-refractivity contribution in [2.45, 2.75) is 20.0 Å². The number of urea groups is 1. The van der Waals surface area contributed by atoms with Gasteiger partial charge in [-0.1, -0.05) is 36.4 Å². The van der Waals surface area contributed by atoms with E-state index in [0.717, 1.165) is 16.8 Å². The highest BCUT2D eigenvalue weighted by molar-refractivity contribution is 6.04. The maximum atomic E-state index is 13.5. The Labute approximate surface area is 194 Å². The van der Waals surface area contributed by atoms with Gasteiger partial charge < -0.3 is 20.4 Å². The predicted octanol–water partition coefficient (Wildman–Crippen LogP) is 4.88. The number of benzene rings is 3. The average molecular weight is 449 g/mol. The van der Waals surface area contributed by atoms with E-state index in [1.54, 1.807) is 17.0 Å². The summed E-state index contributed by atoms with van der Waals surface area (Å²) in [6.45, 7) is 3.19. The molecule has 33 heavy (non-hydrogen) atoms. The van der Waals surface area contributed by atoms with Crippen molar-refractivity contribution in [3.8, 4) is 0 Å². The second-order valence-electron chi connectivity index (χ2n) is 7.88. The van der Waals surface area contributed by atoms with Gasteiger partial charge in [0.25, 0.3) is 5.91 Å². The molecule has 6 nitrogen and oxygen atoms in total. The van der Waals surface area contributed by atoms with Crippen LogP contribution in [0.3, 0.4) is 0 Å². The Morgan fingerprint density at radius 2 is 1.67 bits per heavy atom. The molecule has 172 valence electrons. The maximum Gasteiger partial charge on any atom is 0.317 e. The molecule has 3 amide bonds. The van der Waals surface area contributed by atoms with Crippen molar-refractivity contribution in [2.24, 2.45) is 0 Å². The zero-order valence-corrected chi connectivity index (χ0v) is 19.1. The maximum absolute atomic E-state index is 13.5. The molecule has 0 atom stereocenters. The first-order valence-electron chi connectivity index (χ1n) is 10.8. The third kappa shape index (κ3) is 6.55. The smallest absolute Gasteiger partial charge is 0.317 e. The molecule has 3 aromatic carbocycles. The fraction of sp³-hybridized carbons (Fsp3) is 0.231. The van der Waals surface area contributed by atoms with E-state index in [9.17, 15) is 14.0 Å². The summed E-state index contributed by atoms with van der Waals surface area (Å²) in [5.74, 6) is -0.868. The lowest BCUT2D eigenvalue weighted by molar-refractivity contribution is 0.102. The molecule has 0 saturated heterocycles. The first-order valence-corrected chi connectivity index (χ1v) is 10.8. The summed E-state index contributed by atoms with van der Waals surface area (Å²) in [6, 6.07) is 20.7. The van der Waals surface area contributed by atoms with E-state index in [2.05, 4.69) is 10.6 Å². The number of carbonyl (C=O) groups excluding carboxylic acids is 2. The Balaban J connectivity index is 1.88. The lowest BCUT2D eigenvalue weighted by Crippen LogP contribution is -2.39. The van der Waals surface area contributed by atoms with E-state index in [-0.39, 0.29) is 11.6 Å². The molecular weight excluding hydrogens is 419 g/mol. The van der Waals surface area contributed by atoms with Crippen LogP contribution in [0.25, 0.3) is 0 Å². The topological polar surface area (TPSA) is 64.7 Å². The predicted molar refractivity (Wildman–Crippen MR) is 130 cm³/mol. The standard InChI is InChI=1S/C26H29FN4O2/c1-4-28-26(33)31(17-19-9-6-5-7-10-19)18-21-16-23(13-14-24(21)30(2)3)29-25(32)20-11-8-12-22(27)15-20/h5-16H,4,17-18H2,1-3H3,(H,28,33)(H,29,32). The van der Waals surface area contributed by atoms with Crippen LogP contribution in [0, 0.1) is 5.82 Å². The molecular formula is C26H29FN4O2. The average Bonchev–Trinajstić information content (AvgIpc) is 2.79. The van der Waals surface area contributed by atoms with Gasteiger partial charge in [-0.15, -0.1) is 0 Å². The van der Waals surface area contributed by atoms with Crippen LogP contribution in [0.4, 0.5) is 20.6 Å². The minimum absolute atomic E-state index is 0.166. The first kappa shape index (κ1) is 23.8. The Morgan fingerprint density at radius 1 is 0.909 bits per heavy atom. The Morgan fingerprint density at radius 3 is 2.33 bits per heavy atom. The quantitative estimate of drug-likeness (QED) is 0.516. The molecule has 0 aliphatic rings. The van der Waals surface area contributed by atoms with Crippen LogP contribution in [0.5, 0.6) is 0 Å². The Kier molecular flexibility index (Phi) is 8.02. The number of hydrogen-bond donors (Lipinski definition) is 2. The van der Waals surface area contributed by atoms with Crippen molar-refractivity contribution in [1.29, 1.82) is 0 Å². The van der Waals surface area contributed by atoms with Crippen LogP contribution in [0.2, 0.25) is 0 Å². The lowest BCUT2D eigenvalue weighted by atomic mass is 10.1. The zero-order valence-electron chi connectivity index (χ0n) is 19.1. The first-order chi connectivity index (χ1) is 15.9. The van der Waals surface area contributed by atoms with Gasteiger partial charge in [0.2, 0.25) is 0 Å². The van der Waals surface area contributed by atoms with Crippen LogP contribution < -0.4 is 15.5 Å². The summed E-state index contributed by atoms with van der Waals surface area (Å²) in [6.07, 6.45) is 0. The van der Waals surface area contributed by atoms with Gasteiger partial charge in [-0.05, 0) is 54.4 Å². The van der Waals surface area contributed by atoms with Gasteiger partial charge in [0.1, 0.15) is 5.82 Å². The number of nitrogens with one attached hydrogen (secondary N) is 2. The van der Waals surface area contributed by atoms with E-state index in [0.29, 0.717) is 25.3 Å². The monoisotopic (exact) mass is 448 g/mol. The van der Waals surface area contributed by atoms with Crippen molar-refractivity contribution < 1.29 is 14.0 Å². The van der Waals surface area contributed by atoms with E-state index in [1.165, 1.54) is 18.2 Å². The van der Waals surface area contributed by atoms with Crippen molar-refractivity contribution in [1.82, 2.24) is 10.2 Å². The Hall–Kier alpha value is -3.87. The van der Waals surface area contributed by atoms with Crippen LogP contribution >= 0.6 is 0 Å². The van der Waals surface area contributed by atoms with E-state index in [1.807, 2.05) is 68.4 Å². The number of carbonyl (C=O) groups is 2. The van der Waals surface area contributed by atoms with Gasteiger partial charge in [0.15, 0.2) is 0 Å². The largest absolute Gasteiger partial charge is 0.377 e. The zero-order chi connectivity index (χ0) is 23.8. The normalized spacial score (nSPS) is 10.4. The fourth-order valence-corrected chi connectivity index (χ4v) is 3.53. The highest BCUT2D eigenvalue weighted by Crippen LogP contribution is 2.26. The molecule has 0 saturated carbocycles. The van der Waals surface area contributed by atoms with Gasteiger partial charge in [0.05, 0.1) is 0 Å². The Bertz CT molecular complexity index is 1100. The molecule has 3 rings (SSSR count). The lowest BCUT2D eigenvalue weighted by Gasteiger charge is -2.26. The highest BCUT2D eigenvalue weighted by Gasteiger charge is 2.18. The molecule has 3 aromatic rings. The van der Waals surface area contributed by atoms with Crippen LogP contribution in [-0.2, 0) is 13.1 Å².